The predicted molar refractivity (Wildman–Crippen MR) is 115 cm³/mol. The monoisotopic (exact) mass is 410 g/mol. The van der Waals surface area contributed by atoms with Crippen LogP contribution in [0.2, 0.25) is 0 Å². The fourth-order valence-electron chi connectivity index (χ4n) is 4.12. The molecule has 0 radical (unpaired) electrons. The summed E-state index contributed by atoms with van der Waals surface area (Å²) in [6.45, 7) is 4.58. The van der Waals surface area contributed by atoms with Gasteiger partial charge in [-0.25, -0.2) is 4.98 Å². The molecular formula is C22H26N4O2S. The number of aryl methyl sites for hydroxylation is 1. The molecular weight excluding hydrogens is 384 g/mol. The van der Waals surface area contributed by atoms with Crippen molar-refractivity contribution >= 4 is 34.2 Å². The van der Waals surface area contributed by atoms with E-state index in [2.05, 4.69) is 17.6 Å². The van der Waals surface area contributed by atoms with Crippen LogP contribution < -0.4 is 0 Å². The SMILES string of the molecule is CCn1c(CN(C)C(=O)C2CCCN(C(=O)c3cccs3)C2)nc2ccccc21. The van der Waals surface area contributed by atoms with E-state index in [9.17, 15) is 9.59 Å². The lowest BCUT2D eigenvalue weighted by Crippen LogP contribution is -2.45. The van der Waals surface area contributed by atoms with Gasteiger partial charge in [-0.05, 0) is 43.3 Å². The van der Waals surface area contributed by atoms with Gasteiger partial charge >= 0.3 is 0 Å². The Hall–Kier alpha value is -2.67. The van der Waals surface area contributed by atoms with Gasteiger partial charge in [0, 0.05) is 26.7 Å². The molecule has 0 N–H and O–H groups in total. The van der Waals surface area contributed by atoms with Crippen molar-refractivity contribution in [1.29, 1.82) is 0 Å². The molecule has 1 fully saturated rings. The Balaban J connectivity index is 1.46. The number of fused-ring (bicyclic) bond motifs is 1. The van der Waals surface area contributed by atoms with Crippen LogP contribution in [0.5, 0.6) is 0 Å². The van der Waals surface area contributed by atoms with Crippen molar-refractivity contribution in [3.05, 3.63) is 52.5 Å². The van der Waals surface area contributed by atoms with Gasteiger partial charge in [-0.2, -0.15) is 0 Å². The van der Waals surface area contributed by atoms with E-state index in [-0.39, 0.29) is 17.7 Å². The van der Waals surface area contributed by atoms with Crippen molar-refractivity contribution in [2.75, 3.05) is 20.1 Å². The van der Waals surface area contributed by atoms with Crippen LogP contribution in [0, 0.1) is 5.92 Å². The maximum absolute atomic E-state index is 13.1. The van der Waals surface area contributed by atoms with Gasteiger partial charge in [0.1, 0.15) is 5.82 Å². The van der Waals surface area contributed by atoms with E-state index in [4.69, 9.17) is 4.98 Å². The molecule has 1 aliphatic rings. The highest BCUT2D eigenvalue weighted by Gasteiger charge is 2.31. The maximum Gasteiger partial charge on any atom is 0.263 e. The number of benzene rings is 1. The Morgan fingerprint density at radius 3 is 2.83 bits per heavy atom. The molecule has 0 bridgehead atoms. The third-order valence-electron chi connectivity index (χ3n) is 5.59. The minimum absolute atomic E-state index is 0.0351. The number of hydrogen-bond acceptors (Lipinski definition) is 4. The fourth-order valence-corrected chi connectivity index (χ4v) is 4.81. The molecule has 3 heterocycles. The second kappa shape index (κ2) is 8.37. The standard InChI is InChI=1S/C22H26N4O2S/c1-3-26-18-10-5-4-9-17(18)23-20(26)15-24(2)21(27)16-8-6-12-25(14-16)22(28)19-11-7-13-29-19/h4-5,7,9-11,13,16H,3,6,8,12,14-15H2,1-2H3. The Bertz CT molecular complexity index is 1010. The number of hydrogen-bond donors (Lipinski definition) is 0. The molecule has 1 saturated heterocycles. The third kappa shape index (κ3) is 3.92. The van der Waals surface area contributed by atoms with Crippen LogP contribution in [0.3, 0.4) is 0 Å². The molecule has 3 aromatic rings. The summed E-state index contributed by atoms with van der Waals surface area (Å²) in [5.41, 5.74) is 2.05. The van der Waals surface area contributed by atoms with Crippen LogP contribution in [0.1, 0.15) is 35.3 Å². The summed E-state index contributed by atoms with van der Waals surface area (Å²) in [5.74, 6) is 0.861. The largest absolute Gasteiger partial charge is 0.338 e. The normalized spacial score (nSPS) is 16.9. The number of amides is 2. The van der Waals surface area contributed by atoms with Gasteiger partial charge in [0.15, 0.2) is 0 Å². The van der Waals surface area contributed by atoms with Crippen molar-refractivity contribution in [3.63, 3.8) is 0 Å². The molecule has 1 aliphatic heterocycles. The number of nitrogens with zero attached hydrogens (tertiary/aromatic N) is 4. The molecule has 1 atom stereocenters. The molecule has 29 heavy (non-hydrogen) atoms. The second-order valence-corrected chi connectivity index (χ2v) is 8.47. The lowest BCUT2D eigenvalue weighted by molar-refractivity contribution is -0.136. The molecule has 2 amide bonds. The number of thiophene rings is 1. The number of piperidine rings is 1. The molecule has 0 spiro atoms. The van der Waals surface area contributed by atoms with Crippen LogP contribution in [-0.4, -0.2) is 51.3 Å². The van der Waals surface area contributed by atoms with Crippen molar-refractivity contribution in [1.82, 2.24) is 19.4 Å². The summed E-state index contributed by atoms with van der Waals surface area (Å²) in [6, 6.07) is 11.8. The molecule has 4 rings (SSSR count). The molecule has 7 heteroatoms. The quantitative estimate of drug-likeness (QED) is 0.645. The maximum atomic E-state index is 13.1. The van der Waals surface area contributed by atoms with Gasteiger partial charge in [-0.15, -0.1) is 11.3 Å². The predicted octanol–water partition coefficient (Wildman–Crippen LogP) is 3.63. The Kier molecular flexibility index (Phi) is 5.67. The number of aromatic nitrogens is 2. The molecule has 1 aromatic carbocycles. The van der Waals surface area contributed by atoms with Crippen LogP contribution in [0.25, 0.3) is 11.0 Å². The molecule has 2 aromatic heterocycles. The summed E-state index contributed by atoms with van der Waals surface area (Å²) < 4.78 is 2.16. The van der Waals surface area contributed by atoms with Crippen LogP contribution >= 0.6 is 11.3 Å². The Morgan fingerprint density at radius 1 is 1.24 bits per heavy atom. The summed E-state index contributed by atoms with van der Waals surface area (Å²) in [6.07, 6.45) is 1.68. The van der Waals surface area contributed by atoms with Gasteiger partial charge in [-0.3, -0.25) is 9.59 Å². The number of carbonyl (C=O) groups excluding carboxylic acids is 2. The van der Waals surface area contributed by atoms with Crippen LogP contribution in [0.4, 0.5) is 0 Å². The average molecular weight is 411 g/mol. The minimum atomic E-state index is -0.155. The van der Waals surface area contributed by atoms with Gasteiger partial charge in [0.25, 0.3) is 5.91 Å². The highest BCUT2D eigenvalue weighted by atomic mass is 32.1. The number of likely N-dealkylation sites (tertiary alicyclic amines) is 1. The number of imidazole rings is 1. The average Bonchev–Trinajstić information content (AvgIpc) is 3.40. The van der Waals surface area contributed by atoms with Crippen molar-refractivity contribution in [2.45, 2.75) is 32.9 Å². The van der Waals surface area contributed by atoms with Crippen LogP contribution in [-0.2, 0) is 17.9 Å². The van der Waals surface area contributed by atoms with Gasteiger partial charge in [0.2, 0.25) is 5.91 Å². The number of rotatable bonds is 5. The zero-order chi connectivity index (χ0) is 20.4. The third-order valence-corrected chi connectivity index (χ3v) is 6.45. The van der Waals surface area contributed by atoms with Gasteiger partial charge < -0.3 is 14.4 Å². The smallest absolute Gasteiger partial charge is 0.263 e. The topological polar surface area (TPSA) is 58.4 Å². The van der Waals surface area contributed by atoms with E-state index in [0.717, 1.165) is 47.7 Å². The van der Waals surface area contributed by atoms with Gasteiger partial charge in [-0.1, -0.05) is 18.2 Å². The second-order valence-electron chi connectivity index (χ2n) is 7.52. The first kappa shape index (κ1) is 19.6. The van der Waals surface area contributed by atoms with E-state index in [1.54, 1.807) is 4.90 Å². The minimum Gasteiger partial charge on any atom is -0.338 e. The first-order chi connectivity index (χ1) is 14.1. The van der Waals surface area contributed by atoms with Crippen molar-refractivity contribution in [2.24, 2.45) is 5.92 Å². The summed E-state index contributed by atoms with van der Waals surface area (Å²) >= 11 is 1.45. The molecule has 6 nitrogen and oxygen atoms in total. The van der Waals surface area contributed by atoms with E-state index < -0.39 is 0 Å². The molecule has 0 aliphatic carbocycles. The number of carbonyl (C=O) groups is 2. The van der Waals surface area contributed by atoms with E-state index in [1.807, 2.05) is 47.7 Å². The lowest BCUT2D eigenvalue weighted by atomic mass is 9.96. The first-order valence-corrected chi connectivity index (χ1v) is 11.0. The van der Waals surface area contributed by atoms with E-state index in [0.29, 0.717) is 13.1 Å². The van der Waals surface area contributed by atoms with E-state index in [1.165, 1.54) is 11.3 Å². The zero-order valence-corrected chi connectivity index (χ0v) is 17.7. The highest BCUT2D eigenvalue weighted by Crippen LogP contribution is 2.23. The molecule has 152 valence electrons. The van der Waals surface area contributed by atoms with Gasteiger partial charge in [0.05, 0.1) is 28.4 Å². The zero-order valence-electron chi connectivity index (χ0n) is 16.9. The Labute approximate surface area is 174 Å². The Morgan fingerprint density at radius 2 is 2.07 bits per heavy atom. The highest BCUT2D eigenvalue weighted by molar-refractivity contribution is 7.12. The molecule has 1 unspecified atom stereocenters. The summed E-state index contributed by atoms with van der Waals surface area (Å²) in [7, 11) is 1.84. The fraction of sp³-hybridized carbons (Fsp3) is 0.409. The summed E-state index contributed by atoms with van der Waals surface area (Å²) in [4.78, 5) is 34.9. The van der Waals surface area contributed by atoms with Crippen molar-refractivity contribution in [3.8, 4) is 0 Å². The van der Waals surface area contributed by atoms with E-state index >= 15 is 0 Å². The van der Waals surface area contributed by atoms with Crippen molar-refractivity contribution < 1.29 is 9.59 Å². The number of para-hydroxylation sites is 2. The lowest BCUT2D eigenvalue weighted by Gasteiger charge is -2.33. The molecule has 0 saturated carbocycles. The first-order valence-electron chi connectivity index (χ1n) is 10.1. The summed E-state index contributed by atoms with van der Waals surface area (Å²) in [5, 5.41) is 1.91. The van der Waals surface area contributed by atoms with Crippen LogP contribution in [0.15, 0.2) is 41.8 Å².